The first kappa shape index (κ1) is 35.4. The number of rotatable bonds is 16. The van der Waals surface area contributed by atoms with Crippen molar-refractivity contribution in [3.8, 4) is 11.5 Å². The molecule has 0 spiro atoms. The van der Waals surface area contributed by atoms with Gasteiger partial charge in [0.2, 0.25) is 11.7 Å². The zero-order valence-corrected chi connectivity index (χ0v) is 27.0. The highest BCUT2D eigenvalue weighted by Crippen LogP contribution is 2.23. The van der Waals surface area contributed by atoms with E-state index in [4.69, 9.17) is 9.47 Å². The number of hydrogen-bond donors (Lipinski definition) is 4. The fourth-order valence-corrected chi connectivity index (χ4v) is 4.88. The number of carbonyl (C=O) groups excluding carboxylic acids is 4. The molecular weight excluding hydrogens is 610 g/mol. The molecule has 0 aliphatic heterocycles. The number of carbonyl (C=O) groups is 4. The second kappa shape index (κ2) is 18.0. The van der Waals surface area contributed by atoms with Gasteiger partial charge in [-0.3, -0.25) is 14.4 Å². The Morgan fingerprint density at radius 3 is 1.85 bits per heavy atom. The Balaban J connectivity index is 1.38. The van der Waals surface area contributed by atoms with E-state index >= 15 is 0 Å². The van der Waals surface area contributed by atoms with Gasteiger partial charge in [0, 0.05) is 13.0 Å². The predicted molar refractivity (Wildman–Crippen MR) is 181 cm³/mol. The quantitative estimate of drug-likeness (QED) is 0.121. The maximum absolute atomic E-state index is 13.5. The highest BCUT2D eigenvalue weighted by Gasteiger charge is 2.31. The van der Waals surface area contributed by atoms with Crippen molar-refractivity contribution in [2.75, 3.05) is 6.54 Å². The van der Waals surface area contributed by atoms with E-state index in [1.807, 2.05) is 80.6 Å². The molecule has 0 heterocycles. The lowest BCUT2D eigenvalue weighted by atomic mass is 9.99. The third-order valence-electron chi connectivity index (χ3n) is 7.37. The Bertz CT molecular complexity index is 1610. The molecule has 48 heavy (non-hydrogen) atoms. The van der Waals surface area contributed by atoms with Gasteiger partial charge in [0.25, 0.3) is 5.91 Å². The van der Waals surface area contributed by atoms with Gasteiger partial charge in [0.15, 0.2) is 0 Å². The highest BCUT2D eigenvalue weighted by molar-refractivity contribution is 6.38. The summed E-state index contributed by atoms with van der Waals surface area (Å²) in [5, 5.41) is 18.5. The van der Waals surface area contributed by atoms with Gasteiger partial charge in [-0.1, -0.05) is 105 Å². The third-order valence-corrected chi connectivity index (χ3v) is 7.37. The summed E-state index contributed by atoms with van der Waals surface area (Å²) < 4.78 is 11.1. The number of para-hydroxylation sites is 1. The number of aliphatic hydroxyl groups excluding tert-OH is 1. The lowest BCUT2D eigenvalue weighted by Crippen LogP contribution is -2.55. The number of amides is 3. The average Bonchev–Trinajstić information content (AvgIpc) is 3.10. The zero-order chi connectivity index (χ0) is 34.3. The van der Waals surface area contributed by atoms with Crippen molar-refractivity contribution < 1.29 is 33.8 Å². The summed E-state index contributed by atoms with van der Waals surface area (Å²) in [7, 11) is 0. The SMILES string of the molecule is CC(C)C[C@H](NC(=O)OCc1ccccc1)C(=O)N[C@@H](Cc1ccccc1)C(=O)C(=O)NCC(O)c1ccc(Oc2ccccc2)cc1. The van der Waals surface area contributed by atoms with Crippen LogP contribution in [-0.2, 0) is 32.1 Å². The minimum atomic E-state index is -1.23. The number of hydrogen-bond acceptors (Lipinski definition) is 7. The monoisotopic (exact) mass is 651 g/mol. The van der Waals surface area contributed by atoms with Crippen LogP contribution in [0.25, 0.3) is 0 Å². The van der Waals surface area contributed by atoms with Crippen molar-refractivity contribution in [1.29, 1.82) is 0 Å². The number of ether oxygens (including phenoxy) is 2. The van der Waals surface area contributed by atoms with Crippen molar-refractivity contribution in [3.63, 3.8) is 0 Å². The largest absolute Gasteiger partial charge is 0.457 e. The molecule has 250 valence electrons. The van der Waals surface area contributed by atoms with E-state index in [2.05, 4.69) is 16.0 Å². The Labute approximate surface area is 280 Å². The summed E-state index contributed by atoms with van der Waals surface area (Å²) in [6, 6.07) is 31.8. The summed E-state index contributed by atoms with van der Waals surface area (Å²) in [6.07, 6.45) is -1.57. The first-order chi connectivity index (χ1) is 23.2. The van der Waals surface area contributed by atoms with E-state index in [9.17, 15) is 24.3 Å². The van der Waals surface area contributed by atoms with Crippen LogP contribution in [0.4, 0.5) is 4.79 Å². The van der Waals surface area contributed by atoms with Gasteiger partial charge < -0.3 is 30.5 Å². The van der Waals surface area contributed by atoms with E-state index in [0.717, 1.165) is 11.1 Å². The molecule has 0 aliphatic rings. The van der Waals surface area contributed by atoms with E-state index in [1.54, 1.807) is 48.5 Å². The number of aliphatic hydroxyl groups is 1. The Morgan fingerprint density at radius 2 is 1.25 bits per heavy atom. The molecule has 3 atom stereocenters. The third kappa shape index (κ3) is 11.4. The van der Waals surface area contributed by atoms with Gasteiger partial charge in [0.1, 0.15) is 30.2 Å². The Kier molecular flexibility index (Phi) is 13.3. The predicted octanol–water partition coefficient (Wildman–Crippen LogP) is 5.27. The van der Waals surface area contributed by atoms with Crippen molar-refractivity contribution in [2.45, 2.75) is 51.5 Å². The van der Waals surface area contributed by atoms with E-state index in [-0.39, 0.29) is 31.9 Å². The molecule has 4 N–H and O–H groups in total. The first-order valence-corrected chi connectivity index (χ1v) is 15.8. The summed E-state index contributed by atoms with van der Waals surface area (Å²) in [6.45, 7) is 3.58. The fraction of sp³-hybridized carbons (Fsp3) is 0.263. The molecular formula is C38H41N3O7. The van der Waals surface area contributed by atoms with Crippen molar-refractivity contribution in [2.24, 2.45) is 5.92 Å². The van der Waals surface area contributed by atoms with Crippen LogP contribution in [0, 0.1) is 5.92 Å². The van der Waals surface area contributed by atoms with Crippen molar-refractivity contribution in [3.05, 3.63) is 132 Å². The second-order valence-electron chi connectivity index (χ2n) is 11.7. The number of benzene rings is 4. The van der Waals surface area contributed by atoms with Crippen LogP contribution in [0.1, 0.15) is 43.1 Å². The minimum absolute atomic E-state index is 0.0159. The summed E-state index contributed by atoms with van der Waals surface area (Å²) in [4.78, 5) is 52.6. The molecule has 0 aliphatic carbocycles. The highest BCUT2D eigenvalue weighted by atomic mass is 16.5. The van der Waals surface area contributed by atoms with Gasteiger partial charge in [-0.05, 0) is 53.3 Å². The number of Topliss-reactive ketones (excluding diaryl/α,β-unsaturated/α-hetero) is 1. The molecule has 3 amide bonds. The second-order valence-corrected chi connectivity index (χ2v) is 11.7. The Morgan fingerprint density at radius 1 is 0.688 bits per heavy atom. The molecule has 0 aromatic heterocycles. The number of alkyl carbamates (subject to hydrolysis) is 1. The molecule has 4 rings (SSSR count). The molecule has 4 aromatic carbocycles. The first-order valence-electron chi connectivity index (χ1n) is 15.8. The van der Waals surface area contributed by atoms with Gasteiger partial charge in [0.05, 0.1) is 6.10 Å². The zero-order valence-electron chi connectivity index (χ0n) is 27.0. The fourth-order valence-electron chi connectivity index (χ4n) is 4.88. The molecule has 0 radical (unpaired) electrons. The molecule has 0 bridgehead atoms. The smallest absolute Gasteiger partial charge is 0.408 e. The number of ketones is 1. The van der Waals surface area contributed by atoms with Gasteiger partial charge in [-0.2, -0.15) is 0 Å². The average molecular weight is 652 g/mol. The van der Waals surface area contributed by atoms with Crippen LogP contribution in [0.15, 0.2) is 115 Å². The topological polar surface area (TPSA) is 143 Å². The van der Waals surface area contributed by atoms with Crippen LogP contribution in [0.3, 0.4) is 0 Å². The summed E-state index contributed by atoms with van der Waals surface area (Å²) in [5.41, 5.74) is 2.02. The molecule has 0 saturated carbocycles. The van der Waals surface area contributed by atoms with Crippen LogP contribution in [-0.4, -0.2) is 47.4 Å². The maximum Gasteiger partial charge on any atom is 0.408 e. The van der Waals surface area contributed by atoms with Crippen LogP contribution in [0.5, 0.6) is 11.5 Å². The van der Waals surface area contributed by atoms with Crippen molar-refractivity contribution >= 4 is 23.7 Å². The van der Waals surface area contributed by atoms with E-state index in [0.29, 0.717) is 17.1 Å². The lowest BCUT2D eigenvalue weighted by Gasteiger charge is -2.24. The van der Waals surface area contributed by atoms with Crippen LogP contribution in [0.2, 0.25) is 0 Å². The van der Waals surface area contributed by atoms with Crippen LogP contribution < -0.4 is 20.7 Å². The van der Waals surface area contributed by atoms with Gasteiger partial charge >= 0.3 is 6.09 Å². The maximum atomic E-state index is 13.5. The molecule has 0 fully saturated rings. The summed E-state index contributed by atoms with van der Waals surface area (Å²) >= 11 is 0. The van der Waals surface area contributed by atoms with E-state index in [1.165, 1.54) is 0 Å². The summed E-state index contributed by atoms with van der Waals surface area (Å²) in [5.74, 6) is -1.22. The molecule has 10 nitrogen and oxygen atoms in total. The van der Waals surface area contributed by atoms with Gasteiger partial charge in [-0.15, -0.1) is 0 Å². The normalized spacial score (nSPS) is 12.7. The molecule has 0 saturated heterocycles. The molecule has 1 unspecified atom stereocenters. The van der Waals surface area contributed by atoms with E-state index < -0.39 is 41.9 Å². The van der Waals surface area contributed by atoms with Crippen LogP contribution >= 0.6 is 0 Å². The molecule has 4 aromatic rings. The standard InChI is InChI=1S/C38H41N3O7/c1-26(2)22-33(41-38(46)47-25-28-14-8-4-9-15-28)36(44)40-32(23-27-12-6-3-7-13-27)35(43)37(45)39-24-34(42)29-18-20-31(21-19-29)48-30-16-10-5-11-17-30/h3-21,26,32-34,42H,22-25H2,1-2H3,(H,39,45)(H,40,44)(H,41,46)/t32-,33-,34?/m0/s1. The minimum Gasteiger partial charge on any atom is -0.457 e. The molecule has 10 heteroatoms. The number of nitrogens with one attached hydrogen (secondary N) is 3. The van der Waals surface area contributed by atoms with Gasteiger partial charge in [-0.25, -0.2) is 4.79 Å². The van der Waals surface area contributed by atoms with Crippen molar-refractivity contribution in [1.82, 2.24) is 16.0 Å². The Hall–Kier alpha value is -5.48. The lowest BCUT2D eigenvalue weighted by molar-refractivity contribution is -0.140.